The number of thioether (sulfide) groups is 1. The lowest BCUT2D eigenvalue weighted by Crippen LogP contribution is -2.44. The van der Waals surface area contributed by atoms with E-state index in [0.717, 1.165) is 24.4 Å². The Hall–Kier alpha value is -0.550. The van der Waals surface area contributed by atoms with Crippen LogP contribution in [0.25, 0.3) is 0 Å². The predicted octanol–water partition coefficient (Wildman–Crippen LogP) is 1.00. The Morgan fingerprint density at radius 1 is 1.73 bits per heavy atom. The van der Waals surface area contributed by atoms with Gasteiger partial charge in [0.1, 0.15) is 12.2 Å². The van der Waals surface area contributed by atoms with Crippen molar-refractivity contribution in [1.82, 2.24) is 14.8 Å². The summed E-state index contributed by atoms with van der Waals surface area (Å²) in [5, 5.41) is 14.8. The number of hydrogen-bond acceptors (Lipinski definition) is 4. The molecule has 1 aromatic rings. The summed E-state index contributed by atoms with van der Waals surface area (Å²) in [6.45, 7) is 2.10. The molecule has 0 aromatic carbocycles. The van der Waals surface area contributed by atoms with E-state index in [0.29, 0.717) is 6.42 Å². The zero-order valence-corrected chi connectivity index (χ0v) is 10.00. The van der Waals surface area contributed by atoms with Crippen molar-refractivity contribution in [2.45, 2.75) is 37.0 Å². The molecule has 15 heavy (non-hydrogen) atoms. The maximum absolute atomic E-state index is 10.5. The summed E-state index contributed by atoms with van der Waals surface area (Å²) in [6.07, 6.45) is 4.11. The van der Waals surface area contributed by atoms with Crippen LogP contribution >= 0.6 is 11.8 Å². The molecule has 1 fully saturated rings. The molecular formula is C10H17N3OS. The van der Waals surface area contributed by atoms with Crippen LogP contribution in [0, 0.1) is 0 Å². The first-order valence-electron chi connectivity index (χ1n) is 5.29. The molecule has 5 heteroatoms. The van der Waals surface area contributed by atoms with Gasteiger partial charge in [-0.1, -0.05) is 6.92 Å². The van der Waals surface area contributed by atoms with Gasteiger partial charge in [0.15, 0.2) is 0 Å². The molecule has 2 unspecified atom stereocenters. The lowest BCUT2D eigenvalue weighted by molar-refractivity contribution is 0.0271. The van der Waals surface area contributed by atoms with E-state index < -0.39 is 5.60 Å². The lowest BCUT2D eigenvalue weighted by atomic mass is 9.90. The quantitative estimate of drug-likeness (QED) is 0.819. The highest BCUT2D eigenvalue weighted by atomic mass is 32.2. The highest BCUT2D eigenvalue weighted by Crippen LogP contribution is 2.35. The maximum Gasteiger partial charge on any atom is 0.138 e. The van der Waals surface area contributed by atoms with Crippen molar-refractivity contribution in [3.05, 3.63) is 12.2 Å². The van der Waals surface area contributed by atoms with Crippen LogP contribution in [0.1, 0.15) is 25.6 Å². The van der Waals surface area contributed by atoms with Crippen molar-refractivity contribution in [1.29, 1.82) is 0 Å². The van der Waals surface area contributed by atoms with E-state index >= 15 is 0 Å². The maximum atomic E-state index is 10.5. The summed E-state index contributed by atoms with van der Waals surface area (Å²) in [5.74, 6) is 2.02. The zero-order chi connectivity index (χ0) is 10.9. The summed E-state index contributed by atoms with van der Waals surface area (Å²) in [5.41, 5.74) is -0.607. The molecule has 1 aliphatic heterocycles. The molecule has 2 rings (SSSR count). The van der Waals surface area contributed by atoms with Crippen LogP contribution in [0.4, 0.5) is 0 Å². The van der Waals surface area contributed by atoms with Gasteiger partial charge in [-0.2, -0.15) is 16.9 Å². The van der Waals surface area contributed by atoms with Gasteiger partial charge in [-0.3, -0.25) is 4.68 Å². The molecule has 1 aromatic heterocycles. The van der Waals surface area contributed by atoms with Gasteiger partial charge in [0, 0.05) is 18.7 Å². The monoisotopic (exact) mass is 227 g/mol. The Labute approximate surface area is 94.1 Å². The molecule has 1 saturated heterocycles. The Morgan fingerprint density at radius 3 is 3.13 bits per heavy atom. The van der Waals surface area contributed by atoms with Crippen LogP contribution in [0.2, 0.25) is 0 Å². The summed E-state index contributed by atoms with van der Waals surface area (Å²) >= 11 is 1.85. The average molecular weight is 227 g/mol. The number of aliphatic hydroxyl groups is 1. The molecule has 1 N–H and O–H groups in total. The number of aromatic nitrogens is 3. The number of nitrogens with zero attached hydrogens (tertiary/aromatic N) is 3. The van der Waals surface area contributed by atoms with Gasteiger partial charge in [0.05, 0.1) is 5.60 Å². The Balaban J connectivity index is 2.12. The van der Waals surface area contributed by atoms with Gasteiger partial charge in [0.25, 0.3) is 0 Å². The first-order valence-corrected chi connectivity index (χ1v) is 6.33. The second kappa shape index (κ2) is 4.14. The van der Waals surface area contributed by atoms with Gasteiger partial charge in [-0.25, -0.2) is 4.98 Å². The second-order valence-electron chi connectivity index (χ2n) is 4.20. The van der Waals surface area contributed by atoms with Crippen LogP contribution in [0.3, 0.4) is 0 Å². The molecular weight excluding hydrogens is 210 g/mol. The Kier molecular flexibility index (Phi) is 3.02. The molecule has 4 nitrogen and oxygen atoms in total. The number of hydrogen-bond donors (Lipinski definition) is 1. The highest BCUT2D eigenvalue weighted by Gasteiger charge is 2.37. The van der Waals surface area contributed by atoms with Crippen molar-refractivity contribution in [2.75, 3.05) is 5.75 Å². The van der Waals surface area contributed by atoms with E-state index in [1.54, 1.807) is 11.0 Å². The van der Waals surface area contributed by atoms with Gasteiger partial charge < -0.3 is 5.11 Å². The molecule has 1 aliphatic rings. The zero-order valence-electron chi connectivity index (χ0n) is 9.18. The molecule has 0 radical (unpaired) electrons. The molecule has 0 aliphatic carbocycles. The van der Waals surface area contributed by atoms with Crippen LogP contribution in [-0.2, 0) is 13.5 Å². The molecule has 0 bridgehead atoms. The minimum absolute atomic E-state index is 0.281. The fourth-order valence-corrected chi connectivity index (χ4v) is 3.16. The lowest BCUT2D eigenvalue weighted by Gasteiger charge is -2.37. The Bertz CT molecular complexity index is 341. The highest BCUT2D eigenvalue weighted by molar-refractivity contribution is 8.00. The van der Waals surface area contributed by atoms with E-state index in [9.17, 15) is 5.11 Å². The number of aryl methyl sites for hydroxylation is 1. The van der Waals surface area contributed by atoms with Crippen LogP contribution < -0.4 is 0 Å². The van der Waals surface area contributed by atoms with Crippen molar-refractivity contribution >= 4 is 11.8 Å². The van der Waals surface area contributed by atoms with E-state index in [2.05, 4.69) is 17.0 Å². The summed E-state index contributed by atoms with van der Waals surface area (Å²) in [7, 11) is 1.87. The molecule has 0 spiro atoms. The van der Waals surface area contributed by atoms with Crippen molar-refractivity contribution < 1.29 is 5.11 Å². The fourth-order valence-electron chi connectivity index (χ4n) is 1.98. The third-order valence-corrected chi connectivity index (χ3v) is 4.61. The molecule has 84 valence electrons. The predicted molar refractivity (Wildman–Crippen MR) is 60.8 cm³/mol. The van der Waals surface area contributed by atoms with Crippen LogP contribution in [0.15, 0.2) is 6.33 Å². The third kappa shape index (κ3) is 2.18. The van der Waals surface area contributed by atoms with Gasteiger partial charge >= 0.3 is 0 Å². The van der Waals surface area contributed by atoms with Crippen molar-refractivity contribution in [2.24, 2.45) is 7.05 Å². The molecule has 0 saturated carbocycles. The molecule has 2 heterocycles. The first-order chi connectivity index (χ1) is 7.12. The van der Waals surface area contributed by atoms with Gasteiger partial charge in [-0.15, -0.1) is 0 Å². The van der Waals surface area contributed by atoms with Crippen molar-refractivity contribution in [3.8, 4) is 0 Å². The van der Waals surface area contributed by atoms with E-state index in [4.69, 9.17) is 0 Å². The fraction of sp³-hybridized carbons (Fsp3) is 0.800. The number of rotatable bonds is 2. The summed E-state index contributed by atoms with van der Waals surface area (Å²) in [4.78, 5) is 4.17. The van der Waals surface area contributed by atoms with E-state index in [1.807, 2.05) is 18.8 Å². The standard InChI is InChI=1S/C10H17N3OS/c1-8-10(14,4-3-5-15-8)6-9-11-7-12-13(9)2/h7-8,14H,3-6H2,1-2H3. The van der Waals surface area contributed by atoms with Crippen LogP contribution in [-0.4, -0.2) is 36.5 Å². The third-order valence-electron chi connectivity index (χ3n) is 3.15. The van der Waals surface area contributed by atoms with Gasteiger partial charge in [-0.05, 0) is 18.6 Å². The normalized spacial score (nSPS) is 31.8. The molecule has 0 amide bonds. The minimum Gasteiger partial charge on any atom is -0.388 e. The van der Waals surface area contributed by atoms with E-state index in [1.165, 1.54) is 0 Å². The van der Waals surface area contributed by atoms with E-state index in [-0.39, 0.29) is 5.25 Å². The molecule has 2 atom stereocenters. The summed E-state index contributed by atoms with van der Waals surface area (Å²) < 4.78 is 1.74. The minimum atomic E-state index is -0.607. The largest absolute Gasteiger partial charge is 0.388 e. The average Bonchev–Trinajstić information content (AvgIpc) is 2.58. The first kappa shape index (κ1) is 11.0. The summed E-state index contributed by atoms with van der Waals surface area (Å²) in [6, 6.07) is 0. The Morgan fingerprint density at radius 2 is 2.53 bits per heavy atom. The SMILES string of the molecule is CC1SCCCC1(O)Cc1ncnn1C. The second-order valence-corrected chi connectivity index (χ2v) is 5.65. The topological polar surface area (TPSA) is 50.9 Å². The van der Waals surface area contributed by atoms with Gasteiger partial charge in [0.2, 0.25) is 0 Å². The van der Waals surface area contributed by atoms with Crippen molar-refractivity contribution in [3.63, 3.8) is 0 Å². The smallest absolute Gasteiger partial charge is 0.138 e. The van der Waals surface area contributed by atoms with Crippen LogP contribution in [0.5, 0.6) is 0 Å².